The zero-order valence-electron chi connectivity index (χ0n) is 15.4. The van der Waals surface area contributed by atoms with E-state index in [1.165, 1.54) is 18.2 Å². The number of carbonyl (C=O) groups excluding carboxylic acids is 3. The Hall–Kier alpha value is -3.91. The lowest BCUT2D eigenvalue weighted by molar-refractivity contribution is 0.0924. The van der Waals surface area contributed by atoms with Gasteiger partial charge in [-0.25, -0.2) is 9.29 Å². The number of hydrogen-bond donors (Lipinski definition) is 2. The van der Waals surface area contributed by atoms with Crippen LogP contribution in [0.25, 0.3) is 0 Å². The summed E-state index contributed by atoms with van der Waals surface area (Å²) < 4.78 is 13.3. The molecule has 1 aliphatic heterocycles. The number of nitrogens with zero attached hydrogens (tertiary/aromatic N) is 1. The molecule has 3 aromatic carbocycles. The number of rotatable bonds is 3. The Labute approximate surface area is 176 Å². The van der Waals surface area contributed by atoms with Crippen LogP contribution in [0, 0.1) is 5.82 Å². The van der Waals surface area contributed by atoms with E-state index in [-0.39, 0.29) is 10.7 Å². The Morgan fingerprint density at radius 3 is 2.20 bits per heavy atom. The molecule has 1 aliphatic rings. The molecular weight excluding hydrogens is 405 g/mol. The molecule has 30 heavy (non-hydrogen) atoms. The first-order valence-corrected chi connectivity index (χ1v) is 9.30. The van der Waals surface area contributed by atoms with E-state index in [1.54, 1.807) is 48.5 Å². The van der Waals surface area contributed by atoms with Crippen LogP contribution in [0.4, 0.5) is 15.8 Å². The van der Waals surface area contributed by atoms with Gasteiger partial charge in [-0.1, -0.05) is 24.3 Å². The molecule has 3 amide bonds. The van der Waals surface area contributed by atoms with Crippen LogP contribution in [-0.4, -0.2) is 22.8 Å². The molecule has 6 nitrogen and oxygen atoms in total. The molecule has 0 fully saturated rings. The normalized spacial score (nSPS) is 12.5. The second-order valence-corrected chi connectivity index (χ2v) is 6.87. The quantitative estimate of drug-likeness (QED) is 0.499. The van der Waals surface area contributed by atoms with Crippen molar-refractivity contribution < 1.29 is 18.8 Å². The SMILES string of the molecule is O=C(NC(=S)Nc1cccc(N2C(=O)c3ccccc3C2=O)c1)c1cccc(F)c1. The predicted molar refractivity (Wildman–Crippen MR) is 114 cm³/mol. The summed E-state index contributed by atoms with van der Waals surface area (Å²) in [5.41, 5.74) is 1.65. The van der Waals surface area contributed by atoms with Gasteiger partial charge >= 0.3 is 0 Å². The molecule has 8 heteroatoms. The number of halogens is 1. The largest absolute Gasteiger partial charge is 0.332 e. The summed E-state index contributed by atoms with van der Waals surface area (Å²) in [6.45, 7) is 0. The van der Waals surface area contributed by atoms with Gasteiger partial charge < -0.3 is 5.32 Å². The third-order valence-corrected chi connectivity index (χ3v) is 4.67. The number of carbonyl (C=O) groups is 3. The van der Waals surface area contributed by atoms with Gasteiger partial charge in [-0.05, 0) is 60.7 Å². The second-order valence-electron chi connectivity index (χ2n) is 6.46. The third-order valence-electron chi connectivity index (χ3n) is 4.47. The van der Waals surface area contributed by atoms with Gasteiger partial charge in [0.05, 0.1) is 16.8 Å². The van der Waals surface area contributed by atoms with E-state index >= 15 is 0 Å². The molecule has 0 spiro atoms. The standard InChI is InChI=1S/C22H14FN3O3S/c23-14-6-3-5-13(11-14)19(27)25-22(30)24-15-7-4-8-16(12-15)26-20(28)17-9-1-2-10-18(17)21(26)29/h1-12H,(H2,24,25,27,30). The van der Waals surface area contributed by atoms with E-state index in [2.05, 4.69) is 10.6 Å². The minimum absolute atomic E-state index is 0.0104. The molecule has 2 N–H and O–H groups in total. The van der Waals surface area contributed by atoms with Crippen molar-refractivity contribution in [2.24, 2.45) is 0 Å². The Morgan fingerprint density at radius 1 is 0.867 bits per heavy atom. The molecule has 148 valence electrons. The van der Waals surface area contributed by atoms with Crippen molar-refractivity contribution in [3.63, 3.8) is 0 Å². The molecule has 0 atom stereocenters. The van der Waals surface area contributed by atoms with Crippen LogP contribution >= 0.6 is 12.2 Å². The monoisotopic (exact) mass is 419 g/mol. The molecule has 4 rings (SSSR count). The molecule has 0 saturated heterocycles. The van der Waals surface area contributed by atoms with E-state index in [1.807, 2.05) is 0 Å². The Bertz CT molecular complexity index is 1180. The molecule has 0 saturated carbocycles. The molecule has 0 aliphatic carbocycles. The van der Waals surface area contributed by atoms with Gasteiger partial charge in [0.2, 0.25) is 0 Å². The first kappa shape index (κ1) is 19.4. The van der Waals surface area contributed by atoms with Crippen molar-refractivity contribution in [2.75, 3.05) is 10.2 Å². The Kier molecular flexibility index (Phi) is 5.07. The van der Waals surface area contributed by atoms with Crippen LogP contribution < -0.4 is 15.5 Å². The lowest BCUT2D eigenvalue weighted by Gasteiger charge is -2.16. The second kappa shape index (κ2) is 7.84. The molecule has 0 unspecified atom stereocenters. The first-order valence-electron chi connectivity index (χ1n) is 8.90. The summed E-state index contributed by atoms with van der Waals surface area (Å²) in [5, 5.41) is 5.28. The molecule has 1 heterocycles. The van der Waals surface area contributed by atoms with Crippen molar-refractivity contribution in [1.82, 2.24) is 5.32 Å². The summed E-state index contributed by atoms with van der Waals surface area (Å²) in [4.78, 5) is 38.6. The number of thiocarbonyl (C=S) groups is 1. The summed E-state index contributed by atoms with van der Waals surface area (Å²) in [6.07, 6.45) is 0. The number of fused-ring (bicyclic) bond motifs is 1. The number of anilines is 2. The zero-order chi connectivity index (χ0) is 21.3. The van der Waals surface area contributed by atoms with Crippen molar-refractivity contribution in [1.29, 1.82) is 0 Å². The highest BCUT2D eigenvalue weighted by Crippen LogP contribution is 2.29. The maximum atomic E-state index is 13.3. The number of nitrogens with one attached hydrogen (secondary N) is 2. The summed E-state index contributed by atoms with van der Waals surface area (Å²) in [7, 11) is 0. The molecule has 3 aromatic rings. The van der Waals surface area contributed by atoms with E-state index in [0.29, 0.717) is 22.5 Å². The van der Waals surface area contributed by atoms with Crippen molar-refractivity contribution in [3.8, 4) is 0 Å². The summed E-state index contributed by atoms with van der Waals surface area (Å²) in [6, 6.07) is 18.3. The molecular formula is C22H14FN3O3S. The number of hydrogen-bond acceptors (Lipinski definition) is 4. The highest BCUT2D eigenvalue weighted by Gasteiger charge is 2.36. The van der Waals surface area contributed by atoms with E-state index < -0.39 is 23.5 Å². The highest BCUT2D eigenvalue weighted by molar-refractivity contribution is 7.80. The third kappa shape index (κ3) is 3.68. The predicted octanol–water partition coefficient (Wildman–Crippen LogP) is 3.75. The zero-order valence-corrected chi connectivity index (χ0v) is 16.2. The number of imide groups is 1. The van der Waals surface area contributed by atoms with Crippen LogP contribution in [0.2, 0.25) is 0 Å². The van der Waals surface area contributed by atoms with Crippen LogP contribution in [0.1, 0.15) is 31.1 Å². The molecule has 0 radical (unpaired) electrons. The highest BCUT2D eigenvalue weighted by atomic mass is 32.1. The fraction of sp³-hybridized carbons (Fsp3) is 0. The Balaban J connectivity index is 1.49. The van der Waals surface area contributed by atoms with Gasteiger partial charge in [-0.3, -0.25) is 19.7 Å². The van der Waals surface area contributed by atoms with Crippen LogP contribution in [-0.2, 0) is 0 Å². The van der Waals surface area contributed by atoms with Crippen molar-refractivity contribution in [3.05, 3.63) is 95.3 Å². The lowest BCUT2D eigenvalue weighted by atomic mass is 10.1. The average Bonchev–Trinajstić information content (AvgIpc) is 2.99. The van der Waals surface area contributed by atoms with E-state index in [4.69, 9.17) is 12.2 Å². The van der Waals surface area contributed by atoms with Crippen LogP contribution in [0.15, 0.2) is 72.8 Å². The number of benzene rings is 3. The van der Waals surface area contributed by atoms with Gasteiger partial charge in [0.1, 0.15) is 5.82 Å². The average molecular weight is 419 g/mol. The fourth-order valence-corrected chi connectivity index (χ4v) is 3.32. The maximum Gasteiger partial charge on any atom is 0.266 e. The molecule has 0 aromatic heterocycles. The van der Waals surface area contributed by atoms with Gasteiger partial charge in [-0.2, -0.15) is 0 Å². The van der Waals surface area contributed by atoms with Crippen molar-refractivity contribution >= 4 is 46.4 Å². The van der Waals surface area contributed by atoms with Crippen LogP contribution in [0.5, 0.6) is 0 Å². The lowest BCUT2D eigenvalue weighted by Crippen LogP contribution is -2.34. The van der Waals surface area contributed by atoms with Gasteiger partial charge in [0.25, 0.3) is 17.7 Å². The maximum absolute atomic E-state index is 13.3. The minimum Gasteiger partial charge on any atom is -0.332 e. The fourth-order valence-electron chi connectivity index (χ4n) is 3.11. The van der Waals surface area contributed by atoms with Gasteiger partial charge in [0, 0.05) is 11.3 Å². The van der Waals surface area contributed by atoms with Crippen LogP contribution in [0.3, 0.4) is 0 Å². The van der Waals surface area contributed by atoms with E-state index in [0.717, 1.165) is 11.0 Å². The van der Waals surface area contributed by atoms with E-state index in [9.17, 15) is 18.8 Å². The summed E-state index contributed by atoms with van der Waals surface area (Å²) >= 11 is 5.14. The van der Waals surface area contributed by atoms with Gasteiger partial charge in [0.15, 0.2) is 5.11 Å². The smallest absolute Gasteiger partial charge is 0.266 e. The summed E-state index contributed by atoms with van der Waals surface area (Å²) in [5.74, 6) is -1.91. The van der Waals surface area contributed by atoms with Gasteiger partial charge in [-0.15, -0.1) is 0 Å². The van der Waals surface area contributed by atoms with Crippen molar-refractivity contribution in [2.45, 2.75) is 0 Å². The minimum atomic E-state index is -0.566. The first-order chi connectivity index (χ1) is 14.4. The Morgan fingerprint density at radius 2 is 1.53 bits per heavy atom. The number of amides is 3. The topological polar surface area (TPSA) is 78.5 Å². The molecule has 0 bridgehead atoms.